The zero-order valence-electron chi connectivity index (χ0n) is 19.8. The highest BCUT2D eigenvalue weighted by Gasteiger charge is 2.18. The van der Waals surface area contributed by atoms with Crippen molar-refractivity contribution in [2.75, 3.05) is 25.1 Å². The van der Waals surface area contributed by atoms with E-state index in [4.69, 9.17) is 14.2 Å². The highest BCUT2D eigenvalue weighted by Crippen LogP contribution is 2.33. The van der Waals surface area contributed by atoms with Crippen LogP contribution in [0, 0.1) is 10.5 Å². The van der Waals surface area contributed by atoms with Crippen molar-refractivity contribution in [3.63, 3.8) is 0 Å². The van der Waals surface area contributed by atoms with Gasteiger partial charge in [-0.3, -0.25) is 9.59 Å². The molecule has 0 saturated carbocycles. The number of phenolic OH excluding ortho intramolecular Hbond substituents is 1. The lowest BCUT2D eigenvalue weighted by Gasteiger charge is -2.15. The molecule has 0 radical (unpaired) electrons. The van der Waals surface area contributed by atoms with Crippen LogP contribution >= 0.6 is 22.6 Å². The number of ether oxygens (including phenoxy) is 3. The Kier molecular flexibility index (Phi) is 10.6. The smallest absolute Gasteiger partial charge is 0.397 e. The molecule has 2 aromatic rings. The van der Waals surface area contributed by atoms with Gasteiger partial charge in [-0.1, -0.05) is 13.3 Å². The molecule has 8 nitrogen and oxygen atoms in total. The average molecular weight is 583 g/mol. The van der Waals surface area contributed by atoms with Crippen molar-refractivity contribution in [1.82, 2.24) is 0 Å². The molecule has 2 N–H and O–H groups in total. The number of hydrogen-bond acceptors (Lipinski definition) is 7. The number of carbonyl (C=O) groups is 3. The Bertz CT molecular complexity index is 1050. The van der Waals surface area contributed by atoms with Gasteiger partial charge in [-0.15, -0.1) is 0 Å². The summed E-state index contributed by atoms with van der Waals surface area (Å²) in [6.07, 6.45) is 1.96. The van der Waals surface area contributed by atoms with Crippen LogP contribution in [0.25, 0.3) is 0 Å². The van der Waals surface area contributed by atoms with E-state index < -0.39 is 11.9 Å². The number of halogens is 1. The third-order valence-electron chi connectivity index (χ3n) is 4.91. The van der Waals surface area contributed by atoms with E-state index in [0.717, 1.165) is 15.6 Å². The zero-order chi connectivity index (χ0) is 25.3. The largest absolute Gasteiger partial charge is 0.507 e. The number of ketones is 1. The van der Waals surface area contributed by atoms with E-state index in [1.165, 1.54) is 6.92 Å². The fraction of sp³-hybridized carbons (Fsp3) is 0.400. The van der Waals surface area contributed by atoms with Crippen molar-refractivity contribution in [3.8, 4) is 17.2 Å². The number of hydrogen-bond donors (Lipinski definition) is 2. The summed E-state index contributed by atoms with van der Waals surface area (Å²) < 4.78 is 17.3. The minimum atomic E-state index is -0.940. The summed E-state index contributed by atoms with van der Waals surface area (Å²) in [4.78, 5) is 35.3. The van der Waals surface area contributed by atoms with Crippen LogP contribution in [0.3, 0.4) is 0 Å². The van der Waals surface area contributed by atoms with Gasteiger partial charge in [0, 0.05) is 23.7 Å². The molecule has 34 heavy (non-hydrogen) atoms. The molecule has 0 bridgehead atoms. The lowest BCUT2D eigenvalue weighted by atomic mass is 10.0. The topological polar surface area (TPSA) is 111 Å². The number of nitrogens with one attached hydrogen (secondary N) is 1. The summed E-state index contributed by atoms with van der Waals surface area (Å²) in [7, 11) is 0. The fourth-order valence-electron chi connectivity index (χ4n) is 3.22. The highest BCUT2D eigenvalue weighted by atomic mass is 127. The quantitative estimate of drug-likeness (QED) is 0.128. The standard InChI is InChI=1S/C25H30INO7/c1-5-8-18-21(10-9-17(16(4)28)23(18)29)33-11-7-12-34-22-14-20(15(3)13-19(22)26)27-24(30)25(31)32-6-2/h9-10,13-14,29H,5-8,11-12H2,1-4H3,(H,27,30). The number of Topliss-reactive ketones (excluding diaryl/α,β-unsaturated/α-hetero) is 1. The van der Waals surface area contributed by atoms with Crippen LogP contribution in [0.1, 0.15) is 55.1 Å². The summed E-state index contributed by atoms with van der Waals surface area (Å²) in [6, 6.07) is 6.81. The molecule has 0 unspecified atom stereocenters. The van der Waals surface area contributed by atoms with Gasteiger partial charge in [0.15, 0.2) is 5.78 Å². The summed E-state index contributed by atoms with van der Waals surface area (Å²) in [5, 5.41) is 13.0. The van der Waals surface area contributed by atoms with Crippen LogP contribution in [0.5, 0.6) is 17.2 Å². The number of rotatable bonds is 11. The maximum atomic E-state index is 12.0. The maximum absolute atomic E-state index is 12.0. The van der Waals surface area contributed by atoms with Crippen LogP contribution in [0.2, 0.25) is 0 Å². The number of amides is 1. The molecule has 0 fully saturated rings. The first kappa shape index (κ1) is 27.4. The van der Waals surface area contributed by atoms with E-state index in [1.54, 1.807) is 25.1 Å². The second kappa shape index (κ2) is 13.2. The van der Waals surface area contributed by atoms with E-state index in [0.29, 0.717) is 54.4 Å². The SMILES string of the molecule is CCCc1c(OCCCOc2cc(NC(=O)C(=O)OCC)c(C)cc2I)ccc(C(C)=O)c1O. The Hall–Kier alpha value is -2.82. The number of carbonyl (C=O) groups excluding carboxylic acids is 3. The Morgan fingerprint density at radius 3 is 2.35 bits per heavy atom. The fourth-order valence-corrected chi connectivity index (χ4v) is 4.00. The van der Waals surface area contributed by atoms with Crippen molar-refractivity contribution in [2.45, 2.75) is 47.0 Å². The van der Waals surface area contributed by atoms with Gasteiger partial charge in [-0.2, -0.15) is 0 Å². The van der Waals surface area contributed by atoms with Crippen LogP contribution in [0.4, 0.5) is 5.69 Å². The number of esters is 1. The van der Waals surface area contributed by atoms with Gasteiger partial charge in [0.05, 0.1) is 29.0 Å². The first-order valence-electron chi connectivity index (χ1n) is 11.1. The van der Waals surface area contributed by atoms with Crippen molar-refractivity contribution in [3.05, 3.63) is 44.5 Å². The van der Waals surface area contributed by atoms with Crippen LogP contribution in [-0.4, -0.2) is 42.6 Å². The number of aryl methyl sites for hydroxylation is 1. The first-order valence-corrected chi connectivity index (χ1v) is 12.2. The zero-order valence-corrected chi connectivity index (χ0v) is 22.0. The summed E-state index contributed by atoms with van der Waals surface area (Å²) in [5.41, 5.74) is 2.18. The number of benzene rings is 2. The van der Waals surface area contributed by atoms with Crippen LogP contribution in [0.15, 0.2) is 24.3 Å². The molecular formula is C25H30INO7. The second-order valence-electron chi connectivity index (χ2n) is 7.57. The molecule has 0 spiro atoms. The van der Waals surface area contributed by atoms with Gasteiger partial charge in [0.25, 0.3) is 0 Å². The molecule has 2 rings (SSSR count). The Morgan fingerprint density at radius 1 is 1.06 bits per heavy atom. The minimum Gasteiger partial charge on any atom is -0.507 e. The second-order valence-corrected chi connectivity index (χ2v) is 8.73. The minimum absolute atomic E-state index is 0.0188. The number of anilines is 1. The van der Waals surface area contributed by atoms with Gasteiger partial charge in [0.1, 0.15) is 17.2 Å². The molecule has 184 valence electrons. The third kappa shape index (κ3) is 7.34. The van der Waals surface area contributed by atoms with Gasteiger partial charge >= 0.3 is 11.9 Å². The van der Waals surface area contributed by atoms with Crippen molar-refractivity contribution in [1.29, 1.82) is 0 Å². The van der Waals surface area contributed by atoms with E-state index in [2.05, 4.69) is 27.9 Å². The van der Waals surface area contributed by atoms with E-state index >= 15 is 0 Å². The Morgan fingerprint density at radius 2 is 1.74 bits per heavy atom. The Labute approximate surface area is 213 Å². The lowest BCUT2D eigenvalue weighted by Crippen LogP contribution is -2.25. The monoisotopic (exact) mass is 583 g/mol. The molecule has 1 amide bonds. The Balaban J connectivity index is 1.98. The molecule has 0 heterocycles. The normalized spacial score (nSPS) is 10.5. The third-order valence-corrected chi connectivity index (χ3v) is 5.75. The van der Waals surface area contributed by atoms with Crippen molar-refractivity contribution >= 4 is 45.9 Å². The molecule has 9 heteroatoms. The maximum Gasteiger partial charge on any atom is 0.397 e. The van der Waals surface area contributed by atoms with Crippen LogP contribution in [-0.2, 0) is 20.7 Å². The van der Waals surface area contributed by atoms with Crippen molar-refractivity contribution in [2.24, 2.45) is 0 Å². The van der Waals surface area contributed by atoms with Gasteiger partial charge < -0.3 is 24.6 Å². The van der Waals surface area contributed by atoms with Gasteiger partial charge in [-0.05, 0) is 73.5 Å². The summed E-state index contributed by atoms with van der Waals surface area (Å²) in [6.45, 7) is 7.68. The van der Waals surface area contributed by atoms with Crippen molar-refractivity contribution < 1.29 is 33.7 Å². The van der Waals surface area contributed by atoms with E-state index in [-0.39, 0.29) is 18.1 Å². The van der Waals surface area contributed by atoms with Gasteiger partial charge in [0.2, 0.25) is 0 Å². The van der Waals surface area contributed by atoms with Crippen LogP contribution < -0.4 is 14.8 Å². The molecular weight excluding hydrogens is 553 g/mol. The van der Waals surface area contributed by atoms with Gasteiger partial charge in [-0.25, -0.2) is 4.79 Å². The summed E-state index contributed by atoms with van der Waals surface area (Å²) >= 11 is 2.14. The number of phenols is 1. The molecule has 0 saturated heterocycles. The average Bonchev–Trinajstić information content (AvgIpc) is 2.78. The molecule has 0 aliphatic carbocycles. The van der Waals surface area contributed by atoms with E-state index in [1.807, 2.05) is 19.9 Å². The summed E-state index contributed by atoms with van der Waals surface area (Å²) in [5.74, 6) is -0.869. The molecule has 0 aliphatic heterocycles. The first-order chi connectivity index (χ1) is 16.2. The molecule has 0 aromatic heterocycles. The number of aromatic hydroxyl groups is 1. The molecule has 0 atom stereocenters. The molecule has 0 aliphatic rings. The highest BCUT2D eigenvalue weighted by molar-refractivity contribution is 14.1. The lowest BCUT2D eigenvalue weighted by molar-refractivity contribution is -0.152. The van der Waals surface area contributed by atoms with E-state index in [9.17, 15) is 19.5 Å². The molecule has 2 aromatic carbocycles. The predicted octanol–water partition coefficient (Wildman–Crippen LogP) is 4.81. The predicted molar refractivity (Wildman–Crippen MR) is 137 cm³/mol.